The average molecular weight is 165 g/mol. The lowest BCUT2D eigenvalue weighted by atomic mass is 9.75. The molecule has 3 aliphatic rings. The van der Waals surface area contributed by atoms with Crippen LogP contribution in [0.25, 0.3) is 0 Å². The van der Waals surface area contributed by atoms with Gasteiger partial charge >= 0.3 is 0 Å². The highest BCUT2D eigenvalue weighted by Gasteiger charge is 2.58. The molecule has 1 heteroatoms. The van der Waals surface area contributed by atoms with Crippen molar-refractivity contribution in [1.29, 1.82) is 0 Å². The monoisotopic (exact) mass is 165 g/mol. The van der Waals surface area contributed by atoms with Crippen LogP contribution < -0.4 is 5.32 Å². The molecule has 2 bridgehead atoms. The summed E-state index contributed by atoms with van der Waals surface area (Å²) in [7, 11) is 2.19. The molecule has 0 aliphatic heterocycles. The second-order valence-corrected chi connectivity index (χ2v) is 5.06. The summed E-state index contributed by atoms with van der Waals surface area (Å²) < 4.78 is 0. The summed E-state index contributed by atoms with van der Waals surface area (Å²) >= 11 is 0. The predicted octanol–water partition coefficient (Wildman–Crippen LogP) is 2.17. The lowest BCUT2D eigenvalue weighted by Crippen LogP contribution is -2.50. The van der Waals surface area contributed by atoms with Gasteiger partial charge in [-0.2, -0.15) is 0 Å². The third kappa shape index (κ3) is 0.654. The Kier molecular flexibility index (Phi) is 1.39. The average Bonchev–Trinajstić information content (AvgIpc) is 2.76. The molecule has 68 valence electrons. The van der Waals surface area contributed by atoms with Gasteiger partial charge in [0.05, 0.1) is 0 Å². The molecule has 0 aromatic rings. The highest BCUT2D eigenvalue weighted by Crippen LogP contribution is 2.60. The topological polar surface area (TPSA) is 12.0 Å². The van der Waals surface area contributed by atoms with E-state index in [0.717, 1.165) is 17.8 Å². The quantitative estimate of drug-likeness (QED) is 0.628. The Morgan fingerprint density at radius 3 is 2.92 bits per heavy atom. The first kappa shape index (κ1) is 7.37. The van der Waals surface area contributed by atoms with Crippen molar-refractivity contribution in [3.63, 3.8) is 0 Å². The molecule has 0 unspecified atom stereocenters. The summed E-state index contributed by atoms with van der Waals surface area (Å²) in [6.45, 7) is 0. The fourth-order valence-corrected chi connectivity index (χ4v) is 4.58. The lowest BCUT2D eigenvalue weighted by Gasteiger charge is -2.39. The Morgan fingerprint density at radius 2 is 2.17 bits per heavy atom. The predicted molar refractivity (Wildman–Crippen MR) is 50.0 cm³/mol. The minimum atomic E-state index is 0.614. The molecule has 1 nitrogen and oxygen atoms in total. The Labute approximate surface area is 74.9 Å². The van der Waals surface area contributed by atoms with Gasteiger partial charge in [0.1, 0.15) is 0 Å². The lowest BCUT2D eigenvalue weighted by molar-refractivity contribution is 0.170. The van der Waals surface area contributed by atoms with Gasteiger partial charge in [0, 0.05) is 5.54 Å². The Morgan fingerprint density at radius 1 is 1.25 bits per heavy atom. The first-order valence-electron chi connectivity index (χ1n) is 5.56. The van der Waals surface area contributed by atoms with Gasteiger partial charge in [0.15, 0.2) is 0 Å². The van der Waals surface area contributed by atoms with E-state index in [2.05, 4.69) is 12.4 Å². The van der Waals surface area contributed by atoms with Crippen LogP contribution in [0.5, 0.6) is 0 Å². The molecule has 3 fully saturated rings. The molecule has 3 aliphatic carbocycles. The maximum atomic E-state index is 3.67. The van der Waals surface area contributed by atoms with Crippen LogP contribution in [0, 0.1) is 17.8 Å². The zero-order chi connectivity index (χ0) is 8.18. The van der Waals surface area contributed by atoms with Crippen molar-refractivity contribution in [2.75, 3.05) is 7.05 Å². The van der Waals surface area contributed by atoms with E-state index in [1.165, 1.54) is 25.7 Å². The normalized spacial score (nSPS) is 56.2. The van der Waals surface area contributed by atoms with E-state index in [1.807, 2.05) is 0 Å². The van der Waals surface area contributed by atoms with Gasteiger partial charge in [0.2, 0.25) is 0 Å². The summed E-state index contributed by atoms with van der Waals surface area (Å²) in [5.74, 6) is 3.20. The molecule has 4 atom stereocenters. The molecule has 0 spiro atoms. The molecule has 12 heavy (non-hydrogen) atoms. The summed E-state index contributed by atoms with van der Waals surface area (Å²) in [6, 6.07) is 0. The maximum absolute atomic E-state index is 3.67. The molecule has 3 saturated carbocycles. The SMILES string of the molecule is CN[C@]12CCC[C@H]1[C@H]1CC[C@H]2C1. The first-order valence-corrected chi connectivity index (χ1v) is 5.56. The molecule has 1 N–H and O–H groups in total. The highest BCUT2D eigenvalue weighted by atomic mass is 15.0. The van der Waals surface area contributed by atoms with Crippen LogP contribution in [0.2, 0.25) is 0 Å². The van der Waals surface area contributed by atoms with Crippen molar-refractivity contribution >= 4 is 0 Å². The molecule has 0 aromatic carbocycles. The second-order valence-electron chi connectivity index (χ2n) is 5.06. The summed E-state index contributed by atoms with van der Waals surface area (Å²) in [4.78, 5) is 0. The largest absolute Gasteiger partial charge is 0.314 e. The van der Waals surface area contributed by atoms with Crippen LogP contribution in [-0.4, -0.2) is 12.6 Å². The van der Waals surface area contributed by atoms with Crippen molar-refractivity contribution in [3.05, 3.63) is 0 Å². The van der Waals surface area contributed by atoms with Gasteiger partial charge in [-0.1, -0.05) is 6.42 Å². The Hall–Kier alpha value is -0.0400. The van der Waals surface area contributed by atoms with E-state index in [4.69, 9.17) is 0 Å². The summed E-state index contributed by atoms with van der Waals surface area (Å²) in [6.07, 6.45) is 9.07. The molecule has 0 saturated heterocycles. The molecule has 0 aromatic heterocycles. The van der Waals surface area contributed by atoms with Crippen LogP contribution in [0.1, 0.15) is 38.5 Å². The van der Waals surface area contributed by atoms with Crippen molar-refractivity contribution in [3.8, 4) is 0 Å². The number of nitrogens with one attached hydrogen (secondary N) is 1. The van der Waals surface area contributed by atoms with Crippen LogP contribution in [0.3, 0.4) is 0 Å². The third-order valence-electron chi connectivity index (χ3n) is 5.00. The minimum Gasteiger partial charge on any atom is -0.314 e. The Bertz CT molecular complexity index is 201. The van der Waals surface area contributed by atoms with Crippen molar-refractivity contribution in [2.45, 2.75) is 44.1 Å². The first-order chi connectivity index (χ1) is 5.87. The van der Waals surface area contributed by atoms with E-state index < -0.39 is 0 Å². The summed E-state index contributed by atoms with van der Waals surface area (Å²) in [5, 5.41) is 3.67. The van der Waals surface area contributed by atoms with E-state index in [-0.39, 0.29) is 0 Å². The van der Waals surface area contributed by atoms with Gasteiger partial charge in [-0.3, -0.25) is 0 Å². The fraction of sp³-hybridized carbons (Fsp3) is 1.00. The van der Waals surface area contributed by atoms with Crippen LogP contribution in [-0.2, 0) is 0 Å². The second kappa shape index (κ2) is 2.25. The minimum absolute atomic E-state index is 0.614. The number of fused-ring (bicyclic) bond motifs is 5. The van der Waals surface area contributed by atoms with Crippen molar-refractivity contribution in [1.82, 2.24) is 5.32 Å². The zero-order valence-electron chi connectivity index (χ0n) is 7.97. The van der Waals surface area contributed by atoms with Gasteiger partial charge in [-0.15, -0.1) is 0 Å². The van der Waals surface area contributed by atoms with E-state index in [0.29, 0.717) is 5.54 Å². The van der Waals surface area contributed by atoms with Crippen LogP contribution in [0.15, 0.2) is 0 Å². The molecule has 0 amide bonds. The number of hydrogen-bond donors (Lipinski definition) is 1. The van der Waals surface area contributed by atoms with Crippen molar-refractivity contribution in [2.24, 2.45) is 17.8 Å². The zero-order valence-corrected chi connectivity index (χ0v) is 7.97. The van der Waals surface area contributed by atoms with E-state index in [9.17, 15) is 0 Å². The van der Waals surface area contributed by atoms with E-state index >= 15 is 0 Å². The number of rotatable bonds is 1. The molecule has 3 rings (SSSR count). The van der Waals surface area contributed by atoms with Gasteiger partial charge in [-0.05, 0) is 56.9 Å². The summed E-state index contributed by atoms with van der Waals surface area (Å²) in [5.41, 5.74) is 0.614. The molecule has 0 heterocycles. The standard InChI is InChI=1S/C11H19N/c1-12-11-6-2-3-10(11)8-4-5-9(11)7-8/h8-10,12H,2-7H2,1H3/t8-,9-,10-,11-/m0/s1. The van der Waals surface area contributed by atoms with E-state index in [1.54, 1.807) is 12.8 Å². The van der Waals surface area contributed by atoms with Gasteiger partial charge in [0.25, 0.3) is 0 Å². The number of hydrogen-bond acceptors (Lipinski definition) is 1. The van der Waals surface area contributed by atoms with Gasteiger partial charge < -0.3 is 5.32 Å². The molecule has 0 radical (unpaired) electrons. The Balaban J connectivity index is 1.98. The third-order valence-corrected chi connectivity index (χ3v) is 5.00. The smallest absolute Gasteiger partial charge is 0.0237 e. The maximum Gasteiger partial charge on any atom is 0.0237 e. The van der Waals surface area contributed by atoms with Crippen molar-refractivity contribution < 1.29 is 0 Å². The fourth-order valence-electron chi connectivity index (χ4n) is 4.58. The van der Waals surface area contributed by atoms with Gasteiger partial charge in [-0.25, -0.2) is 0 Å². The molecular weight excluding hydrogens is 146 g/mol. The molecular formula is C11H19N. The highest BCUT2D eigenvalue weighted by molar-refractivity contribution is 5.13. The van der Waals surface area contributed by atoms with Crippen LogP contribution >= 0.6 is 0 Å². The van der Waals surface area contributed by atoms with Crippen LogP contribution in [0.4, 0.5) is 0 Å².